The highest BCUT2D eigenvalue weighted by Crippen LogP contribution is 2.17. The van der Waals surface area contributed by atoms with Crippen LogP contribution < -0.4 is 0 Å². The summed E-state index contributed by atoms with van der Waals surface area (Å²) in [7, 11) is 0. The van der Waals surface area contributed by atoms with E-state index in [0.717, 1.165) is 38.5 Å². The summed E-state index contributed by atoms with van der Waals surface area (Å²) in [6.07, 6.45) is 9.52. The van der Waals surface area contributed by atoms with Crippen LogP contribution in [0, 0.1) is 0 Å². The van der Waals surface area contributed by atoms with Gasteiger partial charge in [-0.15, -0.1) is 0 Å². The highest BCUT2D eigenvalue weighted by atomic mass is 15.3. The molecule has 4 heterocycles. The van der Waals surface area contributed by atoms with Crippen molar-refractivity contribution in [1.82, 2.24) is 29.2 Å². The second kappa shape index (κ2) is 5.73. The quantitative estimate of drug-likeness (QED) is 0.732. The van der Waals surface area contributed by atoms with Gasteiger partial charge in [0.2, 0.25) is 0 Å². The fraction of sp³-hybridized carbons (Fsp3) is 0.312. The van der Waals surface area contributed by atoms with E-state index < -0.39 is 0 Å². The monoisotopic (exact) mass is 294 g/mol. The Hall–Kier alpha value is -2.47. The van der Waals surface area contributed by atoms with Crippen molar-refractivity contribution in [2.45, 2.75) is 26.2 Å². The van der Waals surface area contributed by atoms with Crippen LogP contribution >= 0.6 is 0 Å². The van der Waals surface area contributed by atoms with Crippen molar-refractivity contribution in [2.24, 2.45) is 0 Å². The van der Waals surface area contributed by atoms with Crippen LogP contribution in [0.2, 0.25) is 0 Å². The van der Waals surface area contributed by atoms with Gasteiger partial charge in [-0.25, -0.2) is 4.98 Å². The molecule has 0 amide bonds. The number of fused-ring (bicyclic) bond motifs is 1. The molecule has 0 spiro atoms. The Balaban J connectivity index is 1.47. The summed E-state index contributed by atoms with van der Waals surface area (Å²) >= 11 is 0. The lowest BCUT2D eigenvalue weighted by Gasteiger charge is -2.28. The van der Waals surface area contributed by atoms with Crippen LogP contribution in [0.25, 0.3) is 0 Å². The maximum atomic E-state index is 4.59. The molecule has 0 aromatic carbocycles. The maximum Gasteiger partial charge on any atom is 0.123 e. The van der Waals surface area contributed by atoms with E-state index in [-0.39, 0.29) is 0 Å². The molecule has 0 unspecified atom stereocenters. The fourth-order valence-electron chi connectivity index (χ4n) is 2.94. The summed E-state index contributed by atoms with van der Waals surface area (Å²) in [5.41, 5.74) is 2.47. The first-order valence-corrected chi connectivity index (χ1v) is 7.50. The number of hydrogen-bond acceptors (Lipinski definition) is 4. The van der Waals surface area contributed by atoms with E-state index in [0.29, 0.717) is 0 Å². The maximum absolute atomic E-state index is 4.59. The average Bonchev–Trinajstić information content (AvgIpc) is 3.19. The summed E-state index contributed by atoms with van der Waals surface area (Å²) < 4.78 is 4.26. The molecule has 0 fully saturated rings. The molecule has 0 saturated carbocycles. The van der Waals surface area contributed by atoms with E-state index >= 15 is 0 Å². The Morgan fingerprint density at radius 2 is 2.05 bits per heavy atom. The molecule has 0 atom stereocenters. The minimum Gasteiger partial charge on any atom is -0.328 e. The number of imidazole rings is 1. The van der Waals surface area contributed by atoms with Crippen LogP contribution in [0.5, 0.6) is 0 Å². The van der Waals surface area contributed by atoms with Crippen LogP contribution in [0.3, 0.4) is 0 Å². The van der Waals surface area contributed by atoms with Gasteiger partial charge in [0.1, 0.15) is 5.82 Å². The number of aromatic nitrogens is 5. The first-order chi connectivity index (χ1) is 10.9. The van der Waals surface area contributed by atoms with E-state index in [1.807, 2.05) is 47.8 Å². The Kier molecular flexibility index (Phi) is 3.44. The molecule has 0 bridgehead atoms. The van der Waals surface area contributed by atoms with E-state index in [2.05, 4.69) is 30.6 Å². The molecule has 1 aliphatic heterocycles. The number of nitrogens with zero attached hydrogens (tertiary/aromatic N) is 6. The average molecular weight is 294 g/mol. The van der Waals surface area contributed by atoms with Gasteiger partial charge in [0.15, 0.2) is 0 Å². The predicted molar refractivity (Wildman–Crippen MR) is 81.9 cm³/mol. The first kappa shape index (κ1) is 13.2. The van der Waals surface area contributed by atoms with Crippen LogP contribution in [0.1, 0.15) is 17.1 Å². The smallest absolute Gasteiger partial charge is 0.123 e. The van der Waals surface area contributed by atoms with Crippen molar-refractivity contribution < 1.29 is 0 Å². The first-order valence-electron chi connectivity index (χ1n) is 7.50. The van der Waals surface area contributed by atoms with Crippen LogP contribution in [0.4, 0.5) is 0 Å². The van der Waals surface area contributed by atoms with Crippen LogP contribution in [0.15, 0.2) is 49.2 Å². The molecule has 0 aliphatic carbocycles. The Labute approximate surface area is 129 Å². The van der Waals surface area contributed by atoms with Gasteiger partial charge in [0, 0.05) is 44.4 Å². The normalized spacial score (nSPS) is 14.9. The van der Waals surface area contributed by atoms with Gasteiger partial charge in [0.05, 0.1) is 25.0 Å². The highest BCUT2D eigenvalue weighted by molar-refractivity contribution is 5.11. The Morgan fingerprint density at radius 1 is 1.05 bits per heavy atom. The van der Waals surface area contributed by atoms with Gasteiger partial charge >= 0.3 is 0 Å². The highest BCUT2D eigenvalue weighted by Gasteiger charge is 2.20. The lowest BCUT2D eigenvalue weighted by molar-refractivity contribution is 0.206. The molecule has 6 nitrogen and oxygen atoms in total. The standard InChI is InChI=1S/C16H18N6/c1-3-14(9-17-4-1)11-20-7-8-22-15(10-18-16(22)13-20)12-21-6-2-5-19-21/h1-6,9-10H,7-8,11-13H2. The number of pyridine rings is 1. The number of rotatable bonds is 4. The van der Waals surface area contributed by atoms with E-state index in [4.69, 9.17) is 0 Å². The van der Waals surface area contributed by atoms with Crippen molar-refractivity contribution in [1.29, 1.82) is 0 Å². The zero-order chi connectivity index (χ0) is 14.8. The van der Waals surface area contributed by atoms with Gasteiger partial charge in [-0.05, 0) is 17.7 Å². The fourth-order valence-corrected chi connectivity index (χ4v) is 2.94. The molecule has 0 N–H and O–H groups in total. The van der Waals surface area contributed by atoms with Gasteiger partial charge in [-0.3, -0.25) is 14.6 Å². The van der Waals surface area contributed by atoms with E-state index in [1.165, 1.54) is 11.3 Å². The van der Waals surface area contributed by atoms with Gasteiger partial charge in [0.25, 0.3) is 0 Å². The molecule has 0 radical (unpaired) electrons. The minimum absolute atomic E-state index is 0.780. The molecule has 4 rings (SSSR count). The second-order valence-corrected chi connectivity index (χ2v) is 5.59. The predicted octanol–water partition coefficient (Wildman–Crippen LogP) is 1.54. The molecule has 112 valence electrons. The minimum atomic E-state index is 0.780. The molecule has 1 aliphatic rings. The van der Waals surface area contributed by atoms with Crippen molar-refractivity contribution in [3.05, 3.63) is 66.3 Å². The van der Waals surface area contributed by atoms with Gasteiger partial charge in [-0.2, -0.15) is 5.10 Å². The van der Waals surface area contributed by atoms with E-state index in [9.17, 15) is 0 Å². The molecule has 3 aromatic heterocycles. The van der Waals surface area contributed by atoms with Crippen molar-refractivity contribution in [3.63, 3.8) is 0 Å². The summed E-state index contributed by atoms with van der Waals surface area (Å²) in [4.78, 5) is 11.2. The molecule has 3 aromatic rings. The van der Waals surface area contributed by atoms with Crippen molar-refractivity contribution in [2.75, 3.05) is 6.54 Å². The molecular formula is C16H18N6. The topological polar surface area (TPSA) is 51.8 Å². The van der Waals surface area contributed by atoms with Crippen LogP contribution in [-0.4, -0.2) is 35.8 Å². The molecule has 6 heteroatoms. The Morgan fingerprint density at radius 3 is 2.86 bits per heavy atom. The third-order valence-corrected chi connectivity index (χ3v) is 4.04. The number of hydrogen-bond donors (Lipinski definition) is 0. The summed E-state index contributed by atoms with van der Waals surface area (Å²) in [5, 5.41) is 4.27. The SMILES string of the molecule is c1cncc(CN2CCn3c(Cn4cccn4)cnc3C2)c1. The van der Waals surface area contributed by atoms with Crippen molar-refractivity contribution in [3.8, 4) is 0 Å². The summed E-state index contributed by atoms with van der Waals surface area (Å²) in [5.74, 6) is 1.14. The third kappa shape index (κ3) is 2.65. The molecule has 22 heavy (non-hydrogen) atoms. The second-order valence-electron chi connectivity index (χ2n) is 5.59. The zero-order valence-electron chi connectivity index (χ0n) is 12.3. The Bertz CT molecular complexity index is 731. The summed E-state index contributed by atoms with van der Waals surface area (Å²) in [6, 6.07) is 6.06. The lowest BCUT2D eigenvalue weighted by atomic mass is 10.2. The van der Waals surface area contributed by atoms with Gasteiger partial charge < -0.3 is 4.57 Å². The van der Waals surface area contributed by atoms with Crippen LogP contribution in [-0.2, 0) is 26.2 Å². The van der Waals surface area contributed by atoms with Gasteiger partial charge in [-0.1, -0.05) is 6.07 Å². The summed E-state index contributed by atoms with van der Waals surface area (Å²) in [6.45, 7) is 4.60. The van der Waals surface area contributed by atoms with Crippen molar-refractivity contribution >= 4 is 0 Å². The lowest BCUT2D eigenvalue weighted by Crippen LogP contribution is -2.34. The third-order valence-electron chi connectivity index (χ3n) is 4.04. The molecule has 0 saturated heterocycles. The largest absolute Gasteiger partial charge is 0.328 e. The zero-order valence-corrected chi connectivity index (χ0v) is 12.3. The molecular weight excluding hydrogens is 276 g/mol. The van der Waals surface area contributed by atoms with E-state index in [1.54, 1.807) is 0 Å².